The molecule has 4 aliphatic rings. The van der Waals surface area contributed by atoms with E-state index in [0.717, 1.165) is 43.1 Å². The summed E-state index contributed by atoms with van der Waals surface area (Å²) in [4.78, 5) is 0. The predicted molar refractivity (Wildman–Crippen MR) is 122 cm³/mol. The average molecular weight is 424 g/mol. The smallest absolute Gasteiger partial charge is 0.102 e. The van der Waals surface area contributed by atoms with Gasteiger partial charge in [-0.3, -0.25) is 4.68 Å². The Kier molecular flexibility index (Phi) is 5.09. The molecule has 170 valence electrons. The molecule has 1 unspecified atom stereocenters. The van der Waals surface area contributed by atoms with Gasteiger partial charge in [-0.2, -0.15) is 10.4 Å². The fourth-order valence-corrected chi connectivity index (χ4v) is 9.35. The van der Waals surface area contributed by atoms with E-state index in [9.17, 15) is 5.11 Å². The Morgan fingerprint density at radius 1 is 1.10 bits per heavy atom. The Hall–Kier alpha value is -1.34. The lowest BCUT2D eigenvalue weighted by molar-refractivity contribution is -0.148. The van der Waals surface area contributed by atoms with Crippen molar-refractivity contribution in [2.45, 2.75) is 97.6 Å². The monoisotopic (exact) mass is 423 g/mol. The van der Waals surface area contributed by atoms with Gasteiger partial charge in [-0.05, 0) is 111 Å². The molecule has 9 atom stereocenters. The standard InChI is InChI=1S/C27H41N3O/c1-18(16-30-17-19(14-28)15-29-30)22-7-8-23-21-6-5-20-13-25(2,31)11-12-26(20,3)24(21)9-10-27(22,23)4/h15,17-18,20-24,31H,5-13,16H2,1-4H3/t18-,20+,21-,22?,23-,24-,25+,26-,27+/m0/s1. The zero-order valence-corrected chi connectivity index (χ0v) is 20.0. The Balaban J connectivity index is 1.33. The molecule has 0 spiro atoms. The number of aliphatic hydroxyl groups is 1. The van der Waals surface area contributed by atoms with Gasteiger partial charge in [0.2, 0.25) is 0 Å². The summed E-state index contributed by atoms with van der Waals surface area (Å²) in [5.41, 5.74) is 1.12. The second kappa shape index (κ2) is 7.34. The fraction of sp³-hybridized carbons (Fsp3) is 0.852. The topological polar surface area (TPSA) is 61.8 Å². The van der Waals surface area contributed by atoms with E-state index in [1.165, 1.54) is 44.9 Å². The van der Waals surface area contributed by atoms with E-state index in [0.29, 0.717) is 28.2 Å². The molecule has 1 aromatic heterocycles. The molecule has 5 rings (SSSR count). The van der Waals surface area contributed by atoms with E-state index in [1.807, 2.05) is 10.9 Å². The largest absolute Gasteiger partial charge is 0.390 e. The fourth-order valence-electron chi connectivity index (χ4n) is 9.35. The van der Waals surface area contributed by atoms with E-state index in [4.69, 9.17) is 5.26 Å². The van der Waals surface area contributed by atoms with Gasteiger partial charge in [0.05, 0.1) is 17.4 Å². The molecule has 4 nitrogen and oxygen atoms in total. The minimum Gasteiger partial charge on any atom is -0.390 e. The molecule has 4 aliphatic carbocycles. The van der Waals surface area contributed by atoms with Crippen molar-refractivity contribution in [1.29, 1.82) is 5.26 Å². The first-order chi connectivity index (χ1) is 14.7. The molecule has 1 heterocycles. The molecule has 31 heavy (non-hydrogen) atoms. The van der Waals surface area contributed by atoms with Gasteiger partial charge in [-0.15, -0.1) is 0 Å². The van der Waals surface area contributed by atoms with Gasteiger partial charge in [0.1, 0.15) is 6.07 Å². The first-order valence-electron chi connectivity index (χ1n) is 12.8. The number of rotatable bonds is 3. The van der Waals surface area contributed by atoms with Crippen molar-refractivity contribution in [2.24, 2.45) is 46.3 Å². The Morgan fingerprint density at radius 2 is 1.87 bits per heavy atom. The maximum Gasteiger partial charge on any atom is 0.102 e. The highest BCUT2D eigenvalue weighted by Crippen LogP contribution is 2.68. The van der Waals surface area contributed by atoms with E-state index >= 15 is 0 Å². The molecule has 0 bridgehead atoms. The van der Waals surface area contributed by atoms with Crippen molar-refractivity contribution in [1.82, 2.24) is 9.78 Å². The lowest BCUT2D eigenvalue weighted by atomic mass is 9.43. The Bertz CT molecular complexity index is 868. The highest BCUT2D eigenvalue weighted by Gasteiger charge is 2.61. The van der Waals surface area contributed by atoms with Crippen LogP contribution in [0.15, 0.2) is 12.4 Å². The van der Waals surface area contributed by atoms with Crippen LogP contribution in [-0.2, 0) is 6.54 Å². The molecule has 0 amide bonds. The Morgan fingerprint density at radius 3 is 2.61 bits per heavy atom. The van der Waals surface area contributed by atoms with Gasteiger partial charge in [0.15, 0.2) is 0 Å². The van der Waals surface area contributed by atoms with Gasteiger partial charge in [0, 0.05) is 12.7 Å². The summed E-state index contributed by atoms with van der Waals surface area (Å²) < 4.78 is 1.99. The predicted octanol–water partition coefficient (Wildman–Crippen LogP) is 5.80. The van der Waals surface area contributed by atoms with Gasteiger partial charge in [-0.25, -0.2) is 0 Å². The lowest BCUT2D eigenvalue weighted by Crippen LogP contribution is -2.55. The summed E-state index contributed by atoms with van der Waals surface area (Å²) in [6.07, 6.45) is 15.0. The number of hydrogen-bond acceptors (Lipinski definition) is 3. The van der Waals surface area contributed by atoms with Crippen molar-refractivity contribution in [3.63, 3.8) is 0 Å². The van der Waals surface area contributed by atoms with Crippen LogP contribution in [0.3, 0.4) is 0 Å². The van der Waals surface area contributed by atoms with Crippen LogP contribution >= 0.6 is 0 Å². The average Bonchev–Trinajstić information content (AvgIpc) is 3.31. The van der Waals surface area contributed by atoms with E-state index in [2.05, 4.69) is 38.9 Å². The molecule has 4 fully saturated rings. The quantitative estimate of drug-likeness (QED) is 0.668. The third-order valence-electron chi connectivity index (χ3n) is 11.0. The Labute approximate surface area is 188 Å². The molecule has 4 heteroatoms. The second-order valence-electron chi connectivity index (χ2n) is 12.6. The minimum atomic E-state index is -0.438. The molecule has 0 aliphatic heterocycles. The number of nitrogens with zero attached hydrogens (tertiary/aromatic N) is 3. The number of aromatic nitrogens is 2. The molecule has 1 N–H and O–H groups in total. The van der Waals surface area contributed by atoms with Crippen LogP contribution in [0.25, 0.3) is 0 Å². The normalized spacial score (nSPS) is 47.7. The third kappa shape index (κ3) is 3.38. The van der Waals surface area contributed by atoms with E-state index in [-0.39, 0.29) is 0 Å². The highest BCUT2D eigenvalue weighted by molar-refractivity contribution is 5.21. The molecule has 4 saturated carbocycles. The molecule has 0 aromatic carbocycles. The van der Waals surface area contributed by atoms with Gasteiger partial charge >= 0.3 is 0 Å². The van der Waals surface area contributed by atoms with Crippen molar-refractivity contribution in [3.8, 4) is 6.07 Å². The lowest BCUT2D eigenvalue weighted by Gasteiger charge is -2.62. The van der Waals surface area contributed by atoms with Crippen molar-refractivity contribution in [3.05, 3.63) is 18.0 Å². The van der Waals surface area contributed by atoms with E-state index in [1.54, 1.807) is 6.20 Å². The summed E-state index contributed by atoms with van der Waals surface area (Å²) >= 11 is 0. The van der Waals surface area contributed by atoms with Crippen LogP contribution < -0.4 is 0 Å². The summed E-state index contributed by atoms with van der Waals surface area (Å²) in [5, 5.41) is 24.3. The zero-order valence-electron chi connectivity index (χ0n) is 20.0. The van der Waals surface area contributed by atoms with Crippen LogP contribution in [0.2, 0.25) is 0 Å². The first-order valence-corrected chi connectivity index (χ1v) is 12.8. The number of fused-ring (bicyclic) bond motifs is 5. The van der Waals surface area contributed by atoms with Crippen LogP contribution in [0.1, 0.15) is 91.0 Å². The second-order valence-corrected chi connectivity index (χ2v) is 12.6. The highest BCUT2D eigenvalue weighted by atomic mass is 16.3. The maximum atomic E-state index is 10.7. The summed E-state index contributed by atoms with van der Waals surface area (Å²) in [7, 11) is 0. The zero-order chi connectivity index (χ0) is 22.0. The molecular weight excluding hydrogens is 382 g/mol. The minimum absolute atomic E-state index is 0.438. The van der Waals surface area contributed by atoms with Gasteiger partial charge in [-0.1, -0.05) is 20.8 Å². The third-order valence-corrected chi connectivity index (χ3v) is 11.0. The van der Waals surface area contributed by atoms with Crippen molar-refractivity contribution >= 4 is 0 Å². The molecule has 0 saturated heterocycles. The molecular formula is C27H41N3O. The first kappa shape index (κ1) is 21.5. The summed E-state index contributed by atoms with van der Waals surface area (Å²) in [6.45, 7) is 10.6. The van der Waals surface area contributed by atoms with Crippen LogP contribution in [0.5, 0.6) is 0 Å². The molecule has 1 aromatic rings. The van der Waals surface area contributed by atoms with Crippen LogP contribution in [0, 0.1) is 57.7 Å². The number of hydrogen-bond donors (Lipinski definition) is 1. The summed E-state index contributed by atoms with van der Waals surface area (Å²) in [5.74, 6) is 4.67. The van der Waals surface area contributed by atoms with Gasteiger partial charge < -0.3 is 5.11 Å². The SMILES string of the molecule is C[C@@H](Cn1cc(C#N)cn1)C1CC[C@H]2[C@@H]3CC[C@@H]4C[C@](C)(O)CC[C@]4(C)[C@H]3CC[C@]12C. The van der Waals surface area contributed by atoms with Crippen molar-refractivity contribution in [2.75, 3.05) is 0 Å². The maximum absolute atomic E-state index is 10.7. The molecule has 0 radical (unpaired) electrons. The van der Waals surface area contributed by atoms with Crippen LogP contribution in [0.4, 0.5) is 0 Å². The van der Waals surface area contributed by atoms with E-state index < -0.39 is 5.60 Å². The van der Waals surface area contributed by atoms with Crippen molar-refractivity contribution < 1.29 is 5.11 Å². The number of nitriles is 1. The van der Waals surface area contributed by atoms with Gasteiger partial charge in [0.25, 0.3) is 0 Å². The summed E-state index contributed by atoms with van der Waals surface area (Å²) in [6, 6.07) is 2.21. The van der Waals surface area contributed by atoms with Crippen LogP contribution in [-0.4, -0.2) is 20.5 Å².